The highest BCUT2D eigenvalue weighted by atomic mass is 32.2. The monoisotopic (exact) mass is 636 g/mol. The number of ether oxygens (including phenoxy) is 1. The van der Waals surface area contributed by atoms with Crippen molar-refractivity contribution in [1.29, 1.82) is 5.26 Å². The van der Waals surface area contributed by atoms with E-state index in [2.05, 4.69) is 25.5 Å². The largest absolute Gasteiger partial charge is 0.455 e. The molecule has 0 saturated carbocycles. The quantitative estimate of drug-likeness (QED) is 0.147. The summed E-state index contributed by atoms with van der Waals surface area (Å²) in [5, 5.41) is 11.7. The molecule has 3 N–H and O–H groups in total. The van der Waals surface area contributed by atoms with Crippen molar-refractivity contribution in [3.8, 4) is 39.8 Å². The third-order valence-corrected chi connectivity index (χ3v) is 8.49. The van der Waals surface area contributed by atoms with Crippen molar-refractivity contribution in [1.82, 2.24) is 20.8 Å². The van der Waals surface area contributed by atoms with Crippen LogP contribution in [-0.4, -0.2) is 25.4 Å². The van der Waals surface area contributed by atoms with E-state index < -0.39 is 21.8 Å². The topological polar surface area (TPSA) is 129 Å². The molecule has 0 fully saturated rings. The number of nitrogens with zero attached hydrogens (tertiary/aromatic N) is 3. The van der Waals surface area contributed by atoms with Crippen LogP contribution in [0, 0.1) is 11.3 Å². The van der Waals surface area contributed by atoms with E-state index in [4.69, 9.17) is 4.74 Å². The maximum absolute atomic E-state index is 13.4. The molecule has 0 aliphatic rings. The van der Waals surface area contributed by atoms with Crippen LogP contribution in [-0.2, 0) is 22.7 Å². The van der Waals surface area contributed by atoms with Gasteiger partial charge in [-0.1, -0.05) is 18.2 Å². The summed E-state index contributed by atoms with van der Waals surface area (Å²) in [6.07, 6.45) is -1.46. The lowest BCUT2D eigenvalue weighted by Gasteiger charge is -2.16. The number of alkyl halides is 3. The van der Waals surface area contributed by atoms with Gasteiger partial charge in [0.15, 0.2) is 5.13 Å². The highest BCUT2D eigenvalue weighted by Crippen LogP contribution is 2.39. The zero-order chi connectivity index (χ0) is 31.3. The van der Waals surface area contributed by atoms with Crippen molar-refractivity contribution in [2.75, 3.05) is 11.8 Å². The summed E-state index contributed by atoms with van der Waals surface area (Å²) in [6.45, 7) is 0.386. The van der Waals surface area contributed by atoms with Gasteiger partial charge in [-0.3, -0.25) is 20.6 Å². The molecule has 0 aliphatic heterocycles. The zero-order valence-electron chi connectivity index (χ0n) is 22.9. The predicted molar refractivity (Wildman–Crippen MR) is 160 cm³/mol. The third-order valence-electron chi connectivity index (χ3n) is 6.33. The average molecular weight is 637 g/mol. The number of thiazole rings is 1. The van der Waals surface area contributed by atoms with Crippen molar-refractivity contribution in [3.63, 3.8) is 0 Å². The molecule has 5 aromatic rings. The third kappa shape index (κ3) is 7.04. The molecule has 0 aliphatic carbocycles. The molecule has 0 bridgehead atoms. The number of sulfonamides is 1. The number of halogens is 3. The van der Waals surface area contributed by atoms with Crippen molar-refractivity contribution in [2.24, 2.45) is 0 Å². The fraction of sp³-hybridized carbons (Fsp3) is 0.100. The molecular weight excluding hydrogens is 613 g/mol. The lowest BCUT2D eigenvalue weighted by atomic mass is 9.97. The van der Waals surface area contributed by atoms with Gasteiger partial charge in [0.05, 0.1) is 28.3 Å². The number of hydrazine groups is 1. The molecule has 224 valence electrons. The molecule has 2 aromatic heterocycles. The Kier molecular flexibility index (Phi) is 8.93. The van der Waals surface area contributed by atoms with Crippen LogP contribution in [0.5, 0.6) is 11.5 Å². The summed E-state index contributed by atoms with van der Waals surface area (Å²) in [5.74, 6) is 0.368. The van der Waals surface area contributed by atoms with Crippen molar-refractivity contribution >= 4 is 26.5 Å². The van der Waals surface area contributed by atoms with Crippen LogP contribution in [0.15, 0.2) is 95.5 Å². The fourth-order valence-corrected chi connectivity index (χ4v) is 6.05. The van der Waals surface area contributed by atoms with E-state index >= 15 is 0 Å². The second-order valence-electron chi connectivity index (χ2n) is 9.24. The molecule has 0 unspecified atom stereocenters. The highest BCUT2D eigenvalue weighted by molar-refractivity contribution is 7.93. The number of nitrogens with one attached hydrogen (secondary N) is 3. The van der Waals surface area contributed by atoms with E-state index in [0.29, 0.717) is 34.5 Å². The highest BCUT2D eigenvalue weighted by Gasteiger charge is 2.30. The summed E-state index contributed by atoms with van der Waals surface area (Å²) < 4.78 is 74.6. The Morgan fingerprint density at radius 1 is 0.932 bits per heavy atom. The molecule has 0 spiro atoms. The van der Waals surface area contributed by atoms with Crippen LogP contribution in [0.4, 0.5) is 18.3 Å². The molecule has 14 heteroatoms. The molecule has 0 atom stereocenters. The number of pyridine rings is 1. The molecular formula is C30H23F3N6O3S2. The minimum Gasteiger partial charge on any atom is -0.455 e. The van der Waals surface area contributed by atoms with Gasteiger partial charge in [0.1, 0.15) is 17.6 Å². The number of aromatic nitrogens is 2. The first-order chi connectivity index (χ1) is 21.1. The maximum atomic E-state index is 13.4. The van der Waals surface area contributed by atoms with Crippen LogP contribution in [0.1, 0.15) is 16.8 Å². The number of benzene rings is 3. The van der Waals surface area contributed by atoms with Crippen LogP contribution < -0.4 is 20.3 Å². The molecule has 0 radical (unpaired) electrons. The maximum Gasteiger partial charge on any atom is 0.416 e. The van der Waals surface area contributed by atoms with Gasteiger partial charge in [0, 0.05) is 23.3 Å². The minimum absolute atomic E-state index is 0.0476. The van der Waals surface area contributed by atoms with E-state index in [1.807, 2.05) is 6.07 Å². The summed E-state index contributed by atoms with van der Waals surface area (Å²) in [5.41, 5.74) is 7.64. The first-order valence-electron chi connectivity index (χ1n) is 12.9. The summed E-state index contributed by atoms with van der Waals surface area (Å²) >= 11 is 1.11. The fourth-order valence-electron chi connectivity index (χ4n) is 4.24. The Labute approximate surface area is 255 Å². The summed E-state index contributed by atoms with van der Waals surface area (Å²) in [6, 6.07) is 19.3. The zero-order valence-corrected chi connectivity index (χ0v) is 24.5. The van der Waals surface area contributed by atoms with E-state index in [-0.39, 0.29) is 27.1 Å². The lowest BCUT2D eigenvalue weighted by molar-refractivity contribution is -0.137. The normalized spacial score (nSPS) is 11.6. The predicted octanol–water partition coefficient (Wildman–Crippen LogP) is 6.58. The van der Waals surface area contributed by atoms with Gasteiger partial charge < -0.3 is 4.74 Å². The van der Waals surface area contributed by atoms with E-state index in [1.54, 1.807) is 55.0 Å². The Morgan fingerprint density at radius 3 is 2.45 bits per heavy atom. The average Bonchev–Trinajstić information content (AvgIpc) is 3.52. The van der Waals surface area contributed by atoms with E-state index in [0.717, 1.165) is 23.5 Å². The molecule has 3 aromatic carbocycles. The van der Waals surface area contributed by atoms with Gasteiger partial charge in [0.25, 0.3) is 10.0 Å². The molecule has 0 amide bonds. The summed E-state index contributed by atoms with van der Waals surface area (Å²) in [4.78, 5) is 8.10. The van der Waals surface area contributed by atoms with Crippen LogP contribution in [0.25, 0.3) is 22.3 Å². The number of nitriles is 1. The van der Waals surface area contributed by atoms with E-state index in [9.17, 15) is 26.9 Å². The van der Waals surface area contributed by atoms with Crippen LogP contribution in [0.2, 0.25) is 0 Å². The van der Waals surface area contributed by atoms with E-state index in [1.165, 1.54) is 30.5 Å². The van der Waals surface area contributed by atoms with Crippen LogP contribution >= 0.6 is 11.3 Å². The van der Waals surface area contributed by atoms with Gasteiger partial charge >= 0.3 is 6.18 Å². The number of anilines is 1. The smallest absolute Gasteiger partial charge is 0.416 e. The first kappa shape index (κ1) is 30.6. The molecule has 2 heterocycles. The van der Waals surface area contributed by atoms with Gasteiger partial charge in [0.2, 0.25) is 0 Å². The first-order valence-corrected chi connectivity index (χ1v) is 15.2. The number of hydrogen-bond donors (Lipinski definition) is 3. The second-order valence-corrected chi connectivity index (χ2v) is 11.8. The van der Waals surface area contributed by atoms with Gasteiger partial charge in [-0.2, -0.15) is 18.4 Å². The Balaban J connectivity index is 1.56. The standard InChI is InChI=1S/C30H23F3N6O3S2/c1-35-38-18-24-14-21(9-10-36-24)26-16-20(19-3-2-4-23(13-19)30(31,32)33)5-7-28(26)42-27-8-6-25(15-22(27)17-34)44(40,41)39-29-37-11-12-43-29/h2-16,35,38H,18H2,1H3,(H,37,39). The number of rotatable bonds is 10. The van der Waals surface area contributed by atoms with Crippen LogP contribution in [0.3, 0.4) is 0 Å². The Morgan fingerprint density at radius 2 is 1.73 bits per heavy atom. The lowest BCUT2D eigenvalue weighted by Crippen LogP contribution is -2.27. The molecule has 0 saturated heterocycles. The Bertz CT molecular complexity index is 1940. The number of hydrogen-bond acceptors (Lipinski definition) is 9. The van der Waals surface area contributed by atoms with Gasteiger partial charge in [-0.05, 0) is 78.3 Å². The van der Waals surface area contributed by atoms with Crippen molar-refractivity contribution in [3.05, 3.63) is 107 Å². The minimum atomic E-state index is -4.51. The van der Waals surface area contributed by atoms with Gasteiger partial charge in [-0.15, -0.1) is 11.3 Å². The molecule has 44 heavy (non-hydrogen) atoms. The second kappa shape index (κ2) is 12.8. The molecule has 5 rings (SSSR count). The van der Waals surface area contributed by atoms with Crippen molar-refractivity contribution in [2.45, 2.75) is 17.6 Å². The molecule has 9 nitrogen and oxygen atoms in total. The van der Waals surface area contributed by atoms with Crippen molar-refractivity contribution < 1.29 is 26.3 Å². The Hall–Kier alpha value is -4.81. The van der Waals surface area contributed by atoms with Gasteiger partial charge in [-0.25, -0.2) is 13.4 Å². The summed E-state index contributed by atoms with van der Waals surface area (Å²) in [7, 11) is -2.31. The SMILES string of the molecule is CNNCc1cc(-c2cc(-c3cccc(C(F)(F)F)c3)ccc2Oc2ccc(S(=O)(=O)Nc3nccs3)cc2C#N)ccn1.